The van der Waals surface area contributed by atoms with E-state index in [1.807, 2.05) is 30.3 Å². The predicted octanol–water partition coefficient (Wildman–Crippen LogP) is 4.74. The van der Waals surface area contributed by atoms with Gasteiger partial charge in [-0.05, 0) is 65.7 Å². The van der Waals surface area contributed by atoms with Gasteiger partial charge in [0, 0.05) is 11.1 Å². The van der Waals surface area contributed by atoms with E-state index in [2.05, 4.69) is 0 Å². The number of hydrogen-bond acceptors (Lipinski definition) is 3. The van der Waals surface area contributed by atoms with Gasteiger partial charge in [-0.15, -0.1) is 0 Å². The highest BCUT2D eigenvalue weighted by Gasteiger charge is 2.16. The first-order chi connectivity index (χ1) is 12.1. The van der Waals surface area contributed by atoms with E-state index < -0.39 is 0 Å². The molecule has 0 aliphatic rings. The van der Waals surface area contributed by atoms with Crippen LogP contribution in [0.5, 0.6) is 11.5 Å². The van der Waals surface area contributed by atoms with E-state index in [4.69, 9.17) is 9.47 Å². The minimum atomic E-state index is -0.373. The summed E-state index contributed by atoms with van der Waals surface area (Å²) in [5.41, 5.74) is 2.57. The van der Waals surface area contributed by atoms with Gasteiger partial charge >= 0.3 is 0 Å². The normalized spacial score (nSPS) is 10.4. The summed E-state index contributed by atoms with van der Waals surface area (Å²) >= 11 is 0. The highest BCUT2D eigenvalue weighted by Crippen LogP contribution is 2.31. The first-order valence-electron chi connectivity index (χ1n) is 7.75. The molecule has 0 atom stereocenters. The predicted molar refractivity (Wildman–Crippen MR) is 94.8 cm³/mol. The van der Waals surface area contributed by atoms with Gasteiger partial charge in [-0.3, -0.25) is 4.79 Å². The van der Waals surface area contributed by atoms with E-state index >= 15 is 0 Å². The van der Waals surface area contributed by atoms with Crippen molar-refractivity contribution in [1.82, 2.24) is 0 Å². The van der Waals surface area contributed by atoms with E-state index in [0.29, 0.717) is 16.9 Å². The third-order valence-corrected chi connectivity index (χ3v) is 3.98. The maximum absolute atomic E-state index is 13.1. The molecule has 0 aliphatic carbocycles. The Labute approximate surface area is 145 Å². The van der Waals surface area contributed by atoms with Crippen molar-refractivity contribution in [3.8, 4) is 22.6 Å². The van der Waals surface area contributed by atoms with Crippen LogP contribution in [-0.4, -0.2) is 20.0 Å². The van der Waals surface area contributed by atoms with Crippen molar-refractivity contribution in [1.29, 1.82) is 0 Å². The Morgan fingerprint density at radius 3 is 2.00 bits per heavy atom. The number of rotatable bonds is 5. The van der Waals surface area contributed by atoms with Gasteiger partial charge in [0.05, 0.1) is 14.2 Å². The lowest BCUT2D eigenvalue weighted by molar-refractivity contribution is 0.103. The standard InChI is InChI=1S/C21H17FO3/c1-24-17-9-5-14(6-10-17)20-13-18(25-2)11-12-19(20)21(23)15-3-7-16(22)8-4-15/h3-13H,1-2H3. The van der Waals surface area contributed by atoms with Gasteiger partial charge in [-0.2, -0.15) is 0 Å². The maximum Gasteiger partial charge on any atom is 0.193 e. The summed E-state index contributed by atoms with van der Waals surface area (Å²) in [5.74, 6) is 0.842. The van der Waals surface area contributed by atoms with Crippen LogP contribution < -0.4 is 9.47 Å². The van der Waals surface area contributed by atoms with E-state index in [1.165, 1.54) is 24.3 Å². The zero-order valence-corrected chi connectivity index (χ0v) is 14.0. The highest BCUT2D eigenvalue weighted by atomic mass is 19.1. The maximum atomic E-state index is 13.1. The fourth-order valence-corrected chi connectivity index (χ4v) is 2.61. The first kappa shape index (κ1) is 16.7. The van der Waals surface area contributed by atoms with Crippen molar-refractivity contribution in [3.63, 3.8) is 0 Å². The van der Waals surface area contributed by atoms with Crippen LogP contribution >= 0.6 is 0 Å². The first-order valence-corrected chi connectivity index (χ1v) is 7.75. The molecule has 0 saturated heterocycles. The van der Waals surface area contributed by atoms with Crippen molar-refractivity contribution in [2.75, 3.05) is 14.2 Å². The van der Waals surface area contributed by atoms with E-state index in [0.717, 1.165) is 16.9 Å². The Balaban J connectivity index is 2.09. The Hall–Kier alpha value is -3.14. The molecule has 25 heavy (non-hydrogen) atoms. The summed E-state index contributed by atoms with van der Waals surface area (Å²) in [5, 5.41) is 0. The number of ketones is 1. The Morgan fingerprint density at radius 1 is 0.800 bits per heavy atom. The number of ether oxygens (including phenoxy) is 2. The van der Waals surface area contributed by atoms with Crippen LogP contribution in [-0.2, 0) is 0 Å². The van der Waals surface area contributed by atoms with Crippen molar-refractivity contribution in [3.05, 3.63) is 83.7 Å². The Kier molecular flexibility index (Phi) is 4.80. The van der Waals surface area contributed by atoms with Gasteiger partial charge in [-0.25, -0.2) is 4.39 Å². The molecule has 0 spiro atoms. The fraction of sp³-hybridized carbons (Fsp3) is 0.0952. The summed E-state index contributed by atoms with van der Waals surface area (Å²) in [6, 6.07) is 18.3. The van der Waals surface area contributed by atoms with E-state index in [-0.39, 0.29) is 11.6 Å². The summed E-state index contributed by atoms with van der Waals surface area (Å²) < 4.78 is 23.6. The minimum Gasteiger partial charge on any atom is -0.497 e. The molecule has 0 fully saturated rings. The number of hydrogen-bond donors (Lipinski definition) is 0. The fourth-order valence-electron chi connectivity index (χ4n) is 2.61. The molecule has 4 heteroatoms. The van der Waals surface area contributed by atoms with Crippen LogP contribution in [0.3, 0.4) is 0 Å². The molecule has 126 valence electrons. The smallest absolute Gasteiger partial charge is 0.193 e. The molecule has 0 aromatic heterocycles. The Morgan fingerprint density at radius 2 is 1.40 bits per heavy atom. The third kappa shape index (κ3) is 3.53. The second-order valence-corrected chi connectivity index (χ2v) is 5.48. The molecule has 0 heterocycles. The Bertz CT molecular complexity index is 884. The molecule has 3 rings (SSSR count). The van der Waals surface area contributed by atoms with Gasteiger partial charge in [0.15, 0.2) is 5.78 Å². The molecule has 0 radical (unpaired) electrons. The largest absolute Gasteiger partial charge is 0.497 e. The molecule has 0 N–H and O–H groups in total. The lowest BCUT2D eigenvalue weighted by Crippen LogP contribution is -2.04. The van der Waals surface area contributed by atoms with Crippen LogP contribution in [0.2, 0.25) is 0 Å². The van der Waals surface area contributed by atoms with Crippen molar-refractivity contribution in [2.24, 2.45) is 0 Å². The lowest BCUT2D eigenvalue weighted by atomic mass is 9.93. The zero-order valence-electron chi connectivity index (χ0n) is 14.0. The molecule has 3 aromatic rings. The minimum absolute atomic E-state index is 0.173. The number of benzene rings is 3. The number of methoxy groups -OCH3 is 2. The van der Waals surface area contributed by atoms with Crippen molar-refractivity contribution < 1.29 is 18.7 Å². The molecule has 0 amide bonds. The average Bonchev–Trinajstić information content (AvgIpc) is 2.67. The van der Waals surface area contributed by atoms with Crippen LogP contribution in [0.15, 0.2) is 66.7 Å². The van der Waals surface area contributed by atoms with Crippen LogP contribution in [0.1, 0.15) is 15.9 Å². The third-order valence-electron chi connectivity index (χ3n) is 3.98. The number of carbonyl (C=O) groups is 1. The summed E-state index contributed by atoms with van der Waals surface area (Å²) in [6.07, 6.45) is 0. The van der Waals surface area contributed by atoms with E-state index in [1.54, 1.807) is 26.4 Å². The molecular formula is C21H17FO3. The molecule has 3 aromatic carbocycles. The van der Waals surface area contributed by atoms with E-state index in [9.17, 15) is 9.18 Å². The average molecular weight is 336 g/mol. The topological polar surface area (TPSA) is 35.5 Å². The lowest BCUT2D eigenvalue weighted by Gasteiger charge is -2.12. The molecule has 3 nitrogen and oxygen atoms in total. The van der Waals surface area contributed by atoms with Crippen LogP contribution in [0.4, 0.5) is 4.39 Å². The van der Waals surface area contributed by atoms with Gasteiger partial charge in [-0.1, -0.05) is 12.1 Å². The number of halogens is 1. The van der Waals surface area contributed by atoms with Gasteiger partial charge < -0.3 is 9.47 Å². The number of carbonyl (C=O) groups excluding carboxylic acids is 1. The van der Waals surface area contributed by atoms with Gasteiger partial charge in [0.2, 0.25) is 0 Å². The molecule has 0 unspecified atom stereocenters. The van der Waals surface area contributed by atoms with Crippen LogP contribution in [0.25, 0.3) is 11.1 Å². The second kappa shape index (κ2) is 7.18. The zero-order chi connectivity index (χ0) is 17.8. The molecule has 0 bridgehead atoms. The summed E-state index contributed by atoms with van der Waals surface area (Å²) in [4.78, 5) is 12.9. The quantitative estimate of drug-likeness (QED) is 0.631. The SMILES string of the molecule is COc1ccc(-c2cc(OC)ccc2C(=O)c2ccc(F)cc2)cc1. The summed E-state index contributed by atoms with van der Waals surface area (Å²) in [7, 11) is 3.18. The van der Waals surface area contributed by atoms with Crippen molar-refractivity contribution in [2.45, 2.75) is 0 Å². The molecule has 0 aliphatic heterocycles. The second-order valence-electron chi connectivity index (χ2n) is 5.48. The van der Waals surface area contributed by atoms with Crippen LogP contribution in [0, 0.1) is 5.82 Å². The monoisotopic (exact) mass is 336 g/mol. The summed E-state index contributed by atoms with van der Waals surface area (Å²) in [6.45, 7) is 0. The van der Waals surface area contributed by atoms with Gasteiger partial charge in [0.1, 0.15) is 17.3 Å². The van der Waals surface area contributed by atoms with Crippen molar-refractivity contribution >= 4 is 5.78 Å². The highest BCUT2D eigenvalue weighted by molar-refractivity contribution is 6.13. The molecular weight excluding hydrogens is 319 g/mol. The molecule has 0 saturated carbocycles. The van der Waals surface area contributed by atoms with Gasteiger partial charge in [0.25, 0.3) is 0 Å².